The molecule has 0 aliphatic heterocycles. The first kappa shape index (κ1) is 11.7. The van der Waals surface area contributed by atoms with Crippen LogP contribution in [0.3, 0.4) is 0 Å². The third-order valence-corrected chi connectivity index (χ3v) is 4.36. The van der Waals surface area contributed by atoms with Crippen molar-refractivity contribution in [3.8, 4) is 0 Å². The Morgan fingerprint density at radius 2 is 2.06 bits per heavy atom. The van der Waals surface area contributed by atoms with E-state index >= 15 is 0 Å². The highest BCUT2D eigenvalue weighted by atomic mass is 127. The van der Waals surface area contributed by atoms with Crippen LogP contribution in [0, 0.1) is 17.4 Å². The molecule has 0 aliphatic carbocycles. The van der Waals surface area contributed by atoms with E-state index in [9.17, 15) is 0 Å². The second-order valence-electron chi connectivity index (χ2n) is 3.48. The molecule has 16 heavy (non-hydrogen) atoms. The van der Waals surface area contributed by atoms with E-state index in [4.69, 9.17) is 5.73 Å². The fourth-order valence-electron chi connectivity index (χ4n) is 1.34. The van der Waals surface area contributed by atoms with Gasteiger partial charge in [-0.05, 0) is 36.4 Å². The lowest BCUT2D eigenvalue weighted by molar-refractivity contribution is 0.928. The van der Waals surface area contributed by atoms with Crippen molar-refractivity contribution in [2.75, 3.05) is 5.73 Å². The molecule has 2 rings (SSSR count). The van der Waals surface area contributed by atoms with Crippen molar-refractivity contribution in [2.24, 2.45) is 0 Å². The molecular weight excluding hydrogens is 335 g/mol. The normalized spacial score (nSPS) is 10.7. The van der Waals surface area contributed by atoms with Gasteiger partial charge in [0, 0.05) is 11.1 Å². The second-order valence-corrected chi connectivity index (χ2v) is 5.51. The van der Waals surface area contributed by atoms with Crippen LogP contribution in [-0.2, 0) is 6.42 Å². The van der Waals surface area contributed by atoms with Gasteiger partial charge in [-0.1, -0.05) is 0 Å². The molecule has 2 aromatic rings. The highest BCUT2D eigenvalue weighted by molar-refractivity contribution is 14.1. The summed E-state index contributed by atoms with van der Waals surface area (Å²) >= 11 is 3.78. The molecule has 4 nitrogen and oxygen atoms in total. The maximum atomic E-state index is 5.80. The maximum absolute atomic E-state index is 5.80. The van der Waals surface area contributed by atoms with E-state index in [1.807, 2.05) is 19.2 Å². The van der Waals surface area contributed by atoms with Gasteiger partial charge >= 0.3 is 0 Å². The topological polar surface area (TPSA) is 64.7 Å². The molecule has 0 unspecified atom stereocenters. The van der Waals surface area contributed by atoms with E-state index in [0.29, 0.717) is 12.2 Å². The number of hydrogen-bond acceptors (Lipinski definition) is 5. The van der Waals surface area contributed by atoms with Gasteiger partial charge in [-0.2, -0.15) is 0 Å². The number of anilines is 1. The number of nitrogens with zero attached hydrogens (tertiary/aromatic N) is 3. The smallest absolute Gasteiger partial charge is 0.140 e. The van der Waals surface area contributed by atoms with Gasteiger partial charge in [0.25, 0.3) is 0 Å². The highest BCUT2D eigenvalue weighted by Gasteiger charge is 2.08. The van der Waals surface area contributed by atoms with Gasteiger partial charge in [-0.25, -0.2) is 15.0 Å². The number of hydrogen-bond donors (Lipinski definition) is 1. The number of halogens is 1. The Balaban J connectivity index is 2.28. The van der Waals surface area contributed by atoms with E-state index in [2.05, 4.69) is 37.5 Å². The lowest BCUT2D eigenvalue weighted by atomic mass is 10.3. The molecule has 0 bridgehead atoms. The van der Waals surface area contributed by atoms with E-state index in [1.165, 1.54) is 0 Å². The standard InChI is InChI=1S/C10H11IN4S/c1-5-4-16-8(13-5)3-7-14-6(2)9(11)10(12)15-7/h4H,3H2,1-2H3,(H2,12,14,15). The summed E-state index contributed by atoms with van der Waals surface area (Å²) in [4.78, 5) is 13.1. The van der Waals surface area contributed by atoms with E-state index in [-0.39, 0.29) is 0 Å². The van der Waals surface area contributed by atoms with Crippen molar-refractivity contribution >= 4 is 39.7 Å². The van der Waals surface area contributed by atoms with Gasteiger partial charge in [-0.3, -0.25) is 0 Å². The van der Waals surface area contributed by atoms with E-state index in [1.54, 1.807) is 11.3 Å². The highest BCUT2D eigenvalue weighted by Crippen LogP contribution is 2.18. The van der Waals surface area contributed by atoms with Crippen LogP contribution < -0.4 is 5.73 Å². The number of rotatable bonds is 2. The maximum Gasteiger partial charge on any atom is 0.140 e. The van der Waals surface area contributed by atoms with Crippen molar-refractivity contribution in [3.05, 3.63) is 31.2 Å². The average Bonchev–Trinajstić information content (AvgIpc) is 2.60. The molecule has 0 aromatic carbocycles. The van der Waals surface area contributed by atoms with Crippen molar-refractivity contribution in [1.29, 1.82) is 0 Å². The fourth-order valence-corrected chi connectivity index (χ4v) is 2.35. The number of nitrogen functional groups attached to an aromatic ring is 1. The quantitative estimate of drug-likeness (QED) is 0.848. The zero-order chi connectivity index (χ0) is 11.7. The van der Waals surface area contributed by atoms with Gasteiger partial charge in [0.2, 0.25) is 0 Å². The van der Waals surface area contributed by atoms with Gasteiger partial charge in [-0.15, -0.1) is 11.3 Å². The van der Waals surface area contributed by atoms with Crippen LogP contribution in [0.4, 0.5) is 5.82 Å². The third kappa shape index (κ3) is 2.49. The van der Waals surface area contributed by atoms with Crippen LogP contribution in [-0.4, -0.2) is 15.0 Å². The minimum Gasteiger partial charge on any atom is -0.383 e. The Hall–Kier alpha value is -0.760. The van der Waals surface area contributed by atoms with Crippen LogP contribution in [0.2, 0.25) is 0 Å². The molecule has 0 spiro atoms. The average molecular weight is 346 g/mol. The molecule has 2 heterocycles. The zero-order valence-corrected chi connectivity index (χ0v) is 12.0. The second kappa shape index (κ2) is 4.62. The van der Waals surface area contributed by atoms with E-state index < -0.39 is 0 Å². The van der Waals surface area contributed by atoms with Crippen LogP contribution in [0.1, 0.15) is 22.2 Å². The first-order valence-electron chi connectivity index (χ1n) is 4.75. The van der Waals surface area contributed by atoms with Gasteiger partial charge < -0.3 is 5.73 Å². The summed E-state index contributed by atoms with van der Waals surface area (Å²) in [5.41, 5.74) is 7.77. The molecule has 0 radical (unpaired) electrons. The summed E-state index contributed by atoms with van der Waals surface area (Å²) in [5, 5.41) is 3.05. The van der Waals surface area contributed by atoms with Crippen molar-refractivity contribution in [2.45, 2.75) is 20.3 Å². The largest absolute Gasteiger partial charge is 0.383 e. The summed E-state index contributed by atoms with van der Waals surface area (Å²) in [6.45, 7) is 3.92. The zero-order valence-electron chi connectivity index (χ0n) is 8.99. The predicted molar refractivity (Wildman–Crippen MR) is 73.6 cm³/mol. The first-order chi connectivity index (χ1) is 7.56. The van der Waals surface area contributed by atoms with Crippen LogP contribution >= 0.6 is 33.9 Å². The Morgan fingerprint density at radius 1 is 1.31 bits per heavy atom. The van der Waals surface area contributed by atoms with Crippen LogP contribution in [0.25, 0.3) is 0 Å². The van der Waals surface area contributed by atoms with Crippen molar-refractivity contribution in [1.82, 2.24) is 15.0 Å². The molecule has 2 aromatic heterocycles. The Bertz CT molecular complexity index is 500. The molecule has 0 atom stereocenters. The number of thiazole rings is 1. The Morgan fingerprint density at radius 3 is 2.62 bits per heavy atom. The molecule has 2 N–H and O–H groups in total. The number of aromatic nitrogens is 3. The lowest BCUT2D eigenvalue weighted by Gasteiger charge is -2.04. The van der Waals surface area contributed by atoms with Crippen molar-refractivity contribution in [3.63, 3.8) is 0 Å². The molecule has 6 heteroatoms. The minimum absolute atomic E-state index is 0.552. The third-order valence-electron chi connectivity index (χ3n) is 2.06. The van der Waals surface area contributed by atoms with E-state index in [0.717, 1.165) is 25.8 Å². The summed E-state index contributed by atoms with van der Waals surface area (Å²) in [7, 11) is 0. The Labute approximate surface area is 111 Å². The van der Waals surface area contributed by atoms with Crippen LogP contribution in [0.5, 0.6) is 0 Å². The molecule has 0 saturated heterocycles. The molecule has 84 valence electrons. The van der Waals surface area contributed by atoms with Gasteiger partial charge in [0.15, 0.2) is 0 Å². The fraction of sp³-hybridized carbons (Fsp3) is 0.300. The molecular formula is C10H11IN4S. The van der Waals surface area contributed by atoms with Crippen LogP contribution in [0.15, 0.2) is 5.38 Å². The van der Waals surface area contributed by atoms with Gasteiger partial charge in [0.1, 0.15) is 16.6 Å². The summed E-state index contributed by atoms with van der Waals surface area (Å²) in [5.74, 6) is 1.29. The predicted octanol–water partition coefficient (Wildman–Crippen LogP) is 2.33. The SMILES string of the molecule is Cc1csc(Cc2nc(C)c(I)c(N)n2)n1. The monoisotopic (exact) mass is 346 g/mol. The molecule has 0 saturated carbocycles. The van der Waals surface area contributed by atoms with Crippen molar-refractivity contribution < 1.29 is 0 Å². The summed E-state index contributed by atoms with van der Waals surface area (Å²) in [6, 6.07) is 0. The number of aryl methyl sites for hydroxylation is 2. The molecule has 0 amide bonds. The number of nitrogens with two attached hydrogens (primary N) is 1. The van der Waals surface area contributed by atoms with Gasteiger partial charge in [0.05, 0.1) is 15.7 Å². The molecule has 0 aliphatic rings. The summed E-state index contributed by atoms with van der Waals surface area (Å²) in [6.07, 6.45) is 0.653. The first-order valence-corrected chi connectivity index (χ1v) is 6.71. The summed E-state index contributed by atoms with van der Waals surface area (Å²) < 4.78 is 0.927. The molecule has 0 fully saturated rings. The Kier molecular flexibility index (Phi) is 3.38. The minimum atomic E-state index is 0.552. The lowest BCUT2D eigenvalue weighted by Crippen LogP contribution is -2.05.